The van der Waals surface area contributed by atoms with Crippen molar-refractivity contribution >= 4 is 0 Å². The van der Waals surface area contributed by atoms with Crippen molar-refractivity contribution < 1.29 is 0 Å². The molecule has 2 N–H and O–H groups in total. The average Bonchev–Trinajstić information content (AvgIpc) is 2.27. The summed E-state index contributed by atoms with van der Waals surface area (Å²) in [6.45, 7) is 6.53. The van der Waals surface area contributed by atoms with Crippen molar-refractivity contribution in [1.82, 2.24) is 10.6 Å². The smallest absolute Gasteiger partial charge is 0.0164 e. The monoisotopic (exact) mass is 220 g/mol. The van der Waals surface area contributed by atoms with E-state index in [0.717, 1.165) is 13.1 Å². The summed E-state index contributed by atoms with van der Waals surface area (Å²) in [5.41, 5.74) is 2.89. The first-order chi connectivity index (χ1) is 7.74. The zero-order valence-corrected chi connectivity index (χ0v) is 10.7. The number of hydrogen-bond acceptors (Lipinski definition) is 2. The molecule has 0 heterocycles. The van der Waals surface area contributed by atoms with E-state index < -0.39 is 0 Å². The molecule has 1 rings (SSSR count). The first-order valence-corrected chi connectivity index (χ1v) is 6.16. The minimum Gasteiger partial charge on any atom is -0.318 e. The third-order valence-electron chi connectivity index (χ3n) is 2.89. The summed E-state index contributed by atoms with van der Waals surface area (Å²) >= 11 is 0. The van der Waals surface area contributed by atoms with Gasteiger partial charge in [-0.05, 0) is 51.4 Å². The molecule has 0 saturated carbocycles. The summed E-state index contributed by atoms with van der Waals surface area (Å²) in [4.78, 5) is 0. The molecule has 1 unspecified atom stereocenters. The zero-order valence-electron chi connectivity index (χ0n) is 10.7. The Balaban J connectivity index is 2.19. The Morgan fingerprint density at radius 2 is 2.00 bits per heavy atom. The van der Waals surface area contributed by atoms with Crippen LogP contribution in [0.2, 0.25) is 0 Å². The second-order valence-electron chi connectivity index (χ2n) is 4.44. The molecule has 0 fully saturated rings. The number of likely N-dealkylation sites (N-methyl/N-ethyl adjacent to an activating group) is 1. The predicted molar refractivity (Wildman–Crippen MR) is 70.9 cm³/mol. The molecule has 0 aliphatic heterocycles. The van der Waals surface area contributed by atoms with Gasteiger partial charge in [-0.3, -0.25) is 0 Å². The summed E-state index contributed by atoms with van der Waals surface area (Å²) in [6, 6.07) is 9.20. The fourth-order valence-corrected chi connectivity index (χ4v) is 1.90. The van der Waals surface area contributed by atoms with Crippen LogP contribution in [0, 0.1) is 6.92 Å². The van der Waals surface area contributed by atoms with E-state index in [1.165, 1.54) is 24.0 Å². The van der Waals surface area contributed by atoms with Gasteiger partial charge in [0, 0.05) is 12.6 Å². The van der Waals surface area contributed by atoms with Gasteiger partial charge < -0.3 is 10.6 Å². The van der Waals surface area contributed by atoms with E-state index in [2.05, 4.69) is 48.7 Å². The second kappa shape index (κ2) is 7.42. The fourth-order valence-electron chi connectivity index (χ4n) is 1.90. The lowest BCUT2D eigenvalue weighted by Gasteiger charge is -2.13. The van der Waals surface area contributed by atoms with Crippen LogP contribution >= 0.6 is 0 Å². The highest BCUT2D eigenvalue weighted by molar-refractivity contribution is 5.25. The van der Waals surface area contributed by atoms with E-state index >= 15 is 0 Å². The average molecular weight is 220 g/mol. The molecule has 0 aliphatic rings. The Kier molecular flexibility index (Phi) is 6.12. The van der Waals surface area contributed by atoms with Crippen molar-refractivity contribution in [1.29, 1.82) is 0 Å². The second-order valence-corrected chi connectivity index (χ2v) is 4.44. The summed E-state index contributed by atoms with van der Waals surface area (Å²) in [5, 5.41) is 6.68. The Hall–Kier alpha value is -0.860. The quantitative estimate of drug-likeness (QED) is 0.688. The van der Waals surface area contributed by atoms with E-state index in [1.807, 2.05) is 7.05 Å². The van der Waals surface area contributed by atoms with Gasteiger partial charge >= 0.3 is 0 Å². The van der Waals surface area contributed by atoms with Gasteiger partial charge in [0.25, 0.3) is 0 Å². The van der Waals surface area contributed by atoms with Gasteiger partial charge in [-0.25, -0.2) is 0 Å². The molecule has 0 saturated heterocycles. The molecule has 2 nitrogen and oxygen atoms in total. The standard InChI is InChI=1S/C14H24N2/c1-12-7-4-5-8-14(12)9-6-10-16-13(2)11-15-3/h4-5,7-8,13,15-16H,6,9-11H2,1-3H3. The number of rotatable bonds is 7. The molecule has 0 spiro atoms. The van der Waals surface area contributed by atoms with Crippen LogP contribution in [0.4, 0.5) is 0 Å². The minimum absolute atomic E-state index is 0.557. The fraction of sp³-hybridized carbons (Fsp3) is 0.571. The van der Waals surface area contributed by atoms with E-state index in [4.69, 9.17) is 0 Å². The van der Waals surface area contributed by atoms with Gasteiger partial charge in [-0.1, -0.05) is 24.3 Å². The van der Waals surface area contributed by atoms with Crippen molar-refractivity contribution in [2.24, 2.45) is 0 Å². The molecule has 1 aromatic rings. The van der Waals surface area contributed by atoms with Crippen molar-refractivity contribution in [2.45, 2.75) is 32.7 Å². The highest BCUT2D eigenvalue weighted by atomic mass is 15.0. The topological polar surface area (TPSA) is 24.1 Å². The Morgan fingerprint density at radius 1 is 1.25 bits per heavy atom. The van der Waals surface area contributed by atoms with E-state index in [-0.39, 0.29) is 0 Å². The summed E-state index contributed by atoms with van der Waals surface area (Å²) in [7, 11) is 1.99. The first kappa shape index (κ1) is 13.2. The maximum absolute atomic E-state index is 3.51. The van der Waals surface area contributed by atoms with Crippen molar-refractivity contribution in [3.8, 4) is 0 Å². The first-order valence-electron chi connectivity index (χ1n) is 6.16. The van der Waals surface area contributed by atoms with Gasteiger partial charge in [0.05, 0.1) is 0 Å². The maximum atomic E-state index is 3.51. The van der Waals surface area contributed by atoms with Crippen LogP contribution in [-0.2, 0) is 6.42 Å². The Morgan fingerprint density at radius 3 is 2.69 bits per heavy atom. The van der Waals surface area contributed by atoms with Crippen LogP contribution < -0.4 is 10.6 Å². The van der Waals surface area contributed by atoms with Gasteiger partial charge in [0.2, 0.25) is 0 Å². The van der Waals surface area contributed by atoms with Gasteiger partial charge in [0.1, 0.15) is 0 Å². The normalized spacial score (nSPS) is 12.7. The molecular weight excluding hydrogens is 196 g/mol. The van der Waals surface area contributed by atoms with Crippen LogP contribution in [0.25, 0.3) is 0 Å². The molecule has 0 bridgehead atoms. The van der Waals surface area contributed by atoms with Crippen molar-refractivity contribution in [2.75, 3.05) is 20.1 Å². The molecule has 1 atom stereocenters. The van der Waals surface area contributed by atoms with E-state index in [1.54, 1.807) is 0 Å². The third-order valence-corrected chi connectivity index (χ3v) is 2.89. The number of aryl methyl sites for hydroxylation is 2. The summed E-state index contributed by atoms with van der Waals surface area (Å²) in [6.07, 6.45) is 2.38. The molecule has 0 radical (unpaired) electrons. The molecule has 0 amide bonds. The maximum Gasteiger partial charge on any atom is 0.0164 e. The van der Waals surface area contributed by atoms with Crippen LogP contribution in [0.5, 0.6) is 0 Å². The largest absolute Gasteiger partial charge is 0.318 e. The Labute approximate surface area is 99.5 Å². The zero-order chi connectivity index (χ0) is 11.8. The lowest BCUT2D eigenvalue weighted by atomic mass is 10.0. The lowest BCUT2D eigenvalue weighted by Crippen LogP contribution is -2.35. The Bertz CT molecular complexity index is 297. The van der Waals surface area contributed by atoms with Crippen molar-refractivity contribution in [3.63, 3.8) is 0 Å². The van der Waals surface area contributed by atoms with E-state index in [9.17, 15) is 0 Å². The third kappa shape index (κ3) is 4.77. The molecule has 0 aromatic heterocycles. The summed E-state index contributed by atoms with van der Waals surface area (Å²) in [5.74, 6) is 0. The number of benzene rings is 1. The highest BCUT2D eigenvalue weighted by Gasteiger charge is 1.99. The summed E-state index contributed by atoms with van der Waals surface area (Å²) < 4.78 is 0. The van der Waals surface area contributed by atoms with Crippen LogP contribution in [0.3, 0.4) is 0 Å². The van der Waals surface area contributed by atoms with Crippen LogP contribution in [0.15, 0.2) is 24.3 Å². The predicted octanol–water partition coefficient (Wildman–Crippen LogP) is 2.13. The SMILES string of the molecule is CNCC(C)NCCCc1ccccc1C. The molecule has 0 aliphatic carbocycles. The van der Waals surface area contributed by atoms with Crippen LogP contribution in [-0.4, -0.2) is 26.2 Å². The number of nitrogens with one attached hydrogen (secondary N) is 2. The minimum atomic E-state index is 0.557. The van der Waals surface area contributed by atoms with Crippen molar-refractivity contribution in [3.05, 3.63) is 35.4 Å². The molecule has 90 valence electrons. The molecular formula is C14H24N2. The molecule has 2 heteroatoms. The molecule has 16 heavy (non-hydrogen) atoms. The lowest BCUT2D eigenvalue weighted by molar-refractivity contribution is 0.515. The van der Waals surface area contributed by atoms with E-state index in [0.29, 0.717) is 6.04 Å². The van der Waals surface area contributed by atoms with Gasteiger partial charge in [-0.2, -0.15) is 0 Å². The number of hydrogen-bond donors (Lipinski definition) is 2. The van der Waals surface area contributed by atoms with Gasteiger partial charge in [-0.15, -0.1) is 0 Å². The van der Waals surface area contributed by atoms with Crippen LogP contribution in [0.1, 0.15) is 24.5 Å². The highest BCUT2D eigenvalue weighted by Crippen LogP contribution is 2.08. The molecule has 1 aromatic carbocycles. The van der Waals surface area contributed by atoms with Gasteiger partial charge in [0.15, 0.2) is 0 Å².